The molecule has 0 saturated carbocycles. The van der Waals surface area contributed by atoms with Crippen LogP contribution in [-0.2, 0) is 26.5 Å². The van der Waals surface area contributed by atoms with Crippen LogP contribution in [0.1, 0.15) is 26.6 Å². The smallest absolute Gasteiger partial charge is 0.125 e. The van der Waals surface area contributed by atoms with E-state index < -0.39 is 0 Å². The molecule has 6 heteroatoms. The van der Waals surface area contributed by atoms with Crippen LogP contribution >= 0.6 is 0 Å². The zero-order valence-electron chi connectivity index (χ0n) is 23.5. The Bertz CT molecular complexity index is 2050. The Kier molecular flexibility index (Phi) is 7.08. The van der Waals surface area contributed by atoms with Crippen molar-refractivity contribution < 1.29 is 26.2 Å². The predicted octanol–water partition coefficient (Wildman–Crippen LogP) is 8.50. The van der Waals surface area contributed by atoms with Crippen molar-refractivity contribution in [2.45, 2.75) is 26.2 Å². The molecule has 0 aliphatic heterocycles. The van der Waals surface area contributed by atoms with E-state index in [1.807, 2.05) is 65.3 Å². The van der Waals surface area contributed by atoms with Crippen molar-refractivity contribution in [3.8, 4) is 39.5 Å². The molecular formula is C36H29N4OPt-. The van der Waals surface area contributed by atoms with Gasteiger partial charge >= 0.3 is 0 Å². The first kappa shape index (κ1) is 27.7. The number of benzene rings is 5. The van der Waals surface area contributed by atoms with Gasteiger partial charge in [0, 0.05) is 43.1 Å². The second-order valence-electron chi connectivity index (χ2n) is 11.3. The van der Waals surface area contributed by atoms with Crippen LogP contribution in [0.2, 0.25) is 0 Å². The number of aromatic nitrogens is 4. The second-order valence-corrected chi connectivity index (χ2v) is 11.3. The Balaban J connectivity index is 0.00000316. The Labute approximate surface area is 259 Å². The van der Waals surface area contributed by atoms with Crippen LogP contribution in [0.5, 0.6) is 5.75 Å². The van der Waals surface area contributed by atoms with Gasteiger partial charge < -0.3 is 5.11 Å². The van der Waals surface area contributed by atoms with E-state index in [9.17, 15) is 5.11 Å². The zero-order valence-corrected chi connectivity index (χ0v) is 25.8. The summed E-state index contributed by atoms with van der Waals surface area (Å²) in [5, 5.41) is 16.5. The number of aromatic hydroxyl groups is 1. The quantitative estimate of drug-likeness (QED) is 0.185. The maximum absolute atomic E-state index is 10.6. The van der Waals surface area contributed by atoms with Crippen LogP contribution in [0.4, 0.5) is 0 Å². The van der Waals surface area contributed by atoms with Gasteiger partial charge in [0.2, 0.25) is 0 Å². The van der Waals surface area contributed by atoms with Crippen LogP contribution < -0.4 is 0 Å². The Hall–Kier alpha value is -4.47. The molecule has 2 aromatic heterocycles. The molecule has 7 rings (SSSR count). The first-order valence-electron chi connectivity index (χ1n) is 13.8. The van der Waals surface area contributed by atoms with Crippen molar-refractivity contribution >= 4 is 21.9 Å². The standard InChI is InChI=1S/C36H29N4O.Pt/c1-36(2,3)35-37-34-27(19-12-21-31(34)39(35)25-14-5-4-6-15-25)24-13-11-16-26(23-24)40-30-20-9-7-17-28(30)33(38-40)29-18-8-10-22-32(29)41;/h4-22,41H,1-3H3;/q-1;. The molecule has 0 radical (unpaired) electrons. The monoisotopic (exact) mass is 728 g/mol. The molecule has 5 aromatic carbocycles. The summed E-state index contributed by atoms with van der Waals surface area (Å²) in [6, 6.07) is 41.9. The van der Waals surface area contributed by atoms with Gasteiger partial charge in [0.15, 0.2) is 0 Å². The molecule has 2 heterocycles. The molecular weight excluding hydrogens is 700 g/mol. The van der Waals surface area contributed by atoms with Crippen LogP contribution in [0.15, 0.2) is 115 Å². The van der Waals surface area contributed by atoms with Crippen molar-refractivity contribution in [3.05, 3.63) is 127 Å². The van der Waals surface area contributed by atoms with Crippen molar-refractivity contribution in [2.75, 3.05) is 0 Å². The first-order chi connectivity index (χ1) is 19.9. The summed E-state index contributed by atoms with van der Waals surface area (Å²) < 4.78 is 4.17. The molecule has 0 aliphatic carbocycles. The van der Waals surface area contributed by atoms with E-state index in [2.05, 4.69) is 79.9 Å². The third-order valence-corrected chi connectivity index (χ3v) is 7.41. The fourth-order valence-electron chi connectivity index (χ4n) is 5.52. The molecule has 210 valence electrons. The molecule has 42 heavy (non-hydrogen) atoms. The van der Waals surface area contributed by atoms with Gasteiger partial charge in [0.1, 0.15) is 17.3 Å². The van der Waals surface area contributed by atoms with Gasteiger partial charge in [0.25, 0.3) is 0 Å². The van der Waals surface area contributed by atoms with Gasteiger partial charge in [-0.05, 0) is 42.1 Å². The number of nitrogens with zero attached hydrogens (tertiary/aromatic N) is 4. The van der Waals surface area contributed by atoms with Gasteiger partial charge in [-0.2, -0.15) is 5.10 Å². The minimum absolute atomic E-state index is 0. The molecule has 1 N–H and O–H groups in total. The molecule has 5 nitrogen and oxygen atoms in total. The summed E-state index contributed by atoms with van der Waals surface area (Å²) in [6.07, 6.45) is 0. The van der Waals surface area contributed by atoms with Crippen LogP contribution in [0.3, 0.4) is 0 Å². The normalized spacial score (nSPS) is 11.6. The largest absolute Gasteiger partial charge is 0.507 e. The number of hydrogen-bond acceptors (Lipinski definition) is 3. The van der Waals surface area contributed by atoms with E-state index >= 15 is 0 Å². The van der Waals surface area contributed by atoms with Gasteiger partial charge in [-0.1, -0.05) is 87.0 Å². The maximum atomic E-state index is 10.6. The number of phenols is 1. The number of imidazole rings is 1. The number of phenolic OH excluding ortho intramolecular Hbond substituents is 1. The van der Waals surface area contributed by atoms with E-state index in [0.29, 0.717) is 5.56 Å². The summed E-state index contributed by atoms with van der Waals surface area (Å²) >= 11 is 0. The summed E-state index contributed by atoms with van der Waals surface area (Å²) in [7, 11) is 0. The molecule has 0 fully saturated rings. The Morgan fingerprint density at radius 1 is 0.690 bits per heavy atom. The van der Waals surface area contributed by atoms with Crippen molar-refractivity contribution in [1.29, 1.82) is 0 Å². The molecule has 0 amide bonds. The number of fused-ring (bicyclic) bond motifs is 2. The molecule has 7 aromatic rings. The van der Waals surface area contributed by atoms with Crippen molar-refractivity contribution in [3.63, 3.8) is 0 Å². The summed E-state index contributed by atoms with van der Waals surface area (Å²) in [5.74, 6) is 1.21. The average Bonchev–Trinajstić information content (AvgIpc) is 3.58. The number of para-hydroxylation sites is 4. The first-order valence-corrected chi connectivity index (χ1v) is 13.8. The number of hydrogen-bond donors (Lipinski definition) is 1. The summed E-state index contributed by atoms with van der Waals surface area (Å²) in [4.78, 5) is 5.24. The van der Waals surface area contributed by atoms with E-state index in [-0.39, 0.29) is 32.2 Å². The van der Waals surface area contributed by atoms with Crippen LogP contribution in [-0.4, -0.2) is 24.4 Å². The molecule has 0 bridgehead atoms. The minimum Gasteiger partial charge on any atom is -0.507 e. The van der Waals surface area contributed by atoms with Gasteiger partial charge in [0.05, 0.1) is 16.6 Å². The van der Waals surface area contributed by atoms with Gasteiger partial charge in [-0.15, -0.1) is 29.8 Å². The second kappa shape index (κ2) is 10.7. The van der Waals surface area contributed by atoms with Crippen LogP contribution in [0, 0.1) is 6.07 Å². The third kappa shape index (κ3) is 4.64. The molecule has 0 aliphatic rings. The number of rotatable bonds is 4. The topological polar surface area (TPSA) is 55.9 Å². The SMILES string of the molecule is CC(C)(C)c1nc2c(-c3[c-]c(-n4nc(-c5ccccc5O)c5ccccc54)ccc3)cccc2n1-c1ccccc1.[Pt]. The predicted molar refractivity (Wildman–Crippen MR) is 166 cm³/mol. The molecule has 0 spiro atoms. The van der Waals surface area contributed by atoms with E-state index in [1.165, 1.54) is 0 Å². The zero-order chi connectivity index (χ0) is 28.1. The van der Waals surface area contributed by atoms with E-state index in [0.717, 1.165) is 56.0 Å². The van der Waals surface area contributed by atoms with Crippen molar-refractivity contribution in [2.24, 2.45) is 0 Å². The Morgan fingerprint density at radius 2 is 1.36 bits per heavy atom. The van der Waals surface area contributed by atoms with Crippen LogP contribution in [0.25, 0.3) is 55.7 Å². The summed E-state index contributed by atoms with van der Waals surface area (Å²) in [5.41, 5.74) is 8.08. The Morgan fingerprint density at radius 3 is 2.14 bits per heavy atom. The maximum Gasteiger partial charge on any atom is 0.125 e. The average molecular weight is 729 g/mol. The van der Waals surface area contributed by atoms with Gasteiger partial charge in [-0.25, -0.2) is 4.98 Å². The fourth-order valence-corrected chi connectivity index (χ4v) is 5.52. The molecule has 0 atom stereocenters. The summed E-state index contributed by atoms with van der Waals surface area (Å²) in [6.45, 7) is 6.60. The van der Waals surface area contributed by atoms with E-state index in [1.54, 1.807) is 6.07 Å². The van der Waals surface area contributed by atoms with Crippen molar-refractivity contribution in [1.82, 2.24) is 19.3 Å². The van der Waals surface area contributed by atoms with E-state index in [4.69, 9.17) is 10.1 Å². The molecule has 0 saturated heterocycles. The minimum atomic E-state index is -0.162. The fraction of sp³-hybridized carbons (Fsp3) is 0.111. The molecule has 0 unspecified atom stereocenters. The van der Waals surface area contributed by atoms with Gasteiger partial charge in [-0.3, -0.25) is 9.25 Å². The third-order valence-electron chi connectivity index (χ3n) is 7.41.